The van der Waals surface area contributed by atoms with Crippen molar-refractivity contribution in [2.24, 2.45) is 10.9 Å². The number of nitrogens with one attached hydrogen (secondary N) is 1. The largest absolute Gasteiger partial charge is 0.362 e. The third kappa shape index (κ3) is 4.26. The Morgan fingerprint density at radius 2 is 1.90 bits per heavy atom. The number of rotatable bonds is 4. The van der Waals surface area contributed by atoms with Crippen molar-refractivity contribution in [2.45, 2.75) is 57.5 Å². The van der Waals surface area contributed by atoms with Gasteiger partial charge in [0.05, 0.1) is 6.04 Å². The highest BCUT2D eigenvalue weighted by Gasteiger charge is 2.24. The van der Waals surface area contributed by atoms with Gasteiger partial charge in [0.25, 0.3) is 0 Å². The van der Waals surface area contributed by atoms with Gasteiger partial charge in [-0.2, -0.15) is 0 Å². The van der Waals surface area contributed by atoms with E-state index in [1.807, 2.05) is 11.8 Å². The fourth-order valence-corrected chi connectivity index (χ4v) is 4.39. The van der Waals surface area contributed by atoms with Gasteiger partial charge >= 0.3 is 0 Å². The Balaban J connectivity index is 1.48. The monoisotopic (exact) mass is 302 g/mol. The fraction of sp³-hybridized carbons (Fsp3) is 0.611. The third-order valence-electron chi connectivity index (χ3n) is 4.78. The highest BCUT2D eigenvalue weighted by Crippen LogP contribution is 2.28. The molecule has 1 atom stereocenters. The van der Waals surface area contributed by atoms with E-state index >= 15 is 0 Å². The van der Waals surface area contributed by atoms with Gasteiger partial charge in [0, 0.05) is 11.8 Å². The number of aliphatic imine (C=N–C) groups is 1. The molecule has 1 aromatic rings. The van der Waals surface area contributed by atoms with Gasteiger partial charge in [-0.1, -0.05) is 55.4 Å². The van der Waals surface area contributed by atoms with Crippen LogP contribution in [0.2, 0.25) is 0 Å². The van der Waals surface area contributed by atoms with Crippen molar-refractivity contribution in [1.82, 2.24) is 5.32 Å². The predicted molar refractivity (Wildman–Crippen MR) is 93.0 cm³/mol. The summed E-state index contributed by atoms with van der Waals surface area (Å²) < 4.78 is 0. The second-order valence-corrected chi connectivity index (χ2v) is 7.37. The van der Waals surface area contributed by atoms with Crippen molar-refractivity contribution in [2.75, 3.05) is 5.75 Å². The second-order valence-electron chi connectivity index (χ2n) is 6.36. The minimum absolute atomic E-state index is 0.451. The zero-order chi connectivity index (χ0) is 14.5. The molecule has 1 saturated carbocycles. The fourth-order valence-electron chi connectivity index (χ4n) is 3.37. The number of hydrogen-bond acceptors (Lipinski definition) is 3. The first-order valence-corrected chi connectivity index (χ1v) is 9.33. The first kappa shape index (κ1) is 15.0. The average molecular weight is 302 g/mol. The van der Waals surface area contributed by atoms with Gasteiger partial charge in [0.1, 0.15) is 0 Å². The van der Waals surface area contributed by atoms with Gasteiger partial charge in [-0.25, -0.2) is 0 Å². The van der Waals surface area contributed by atoms with Crippen LogP contribution in [0.4, 0.5) is 0 Å². The molecule has 0 radical (unpaired) electrons. The molecule has 114 valence electrons. The van der Waals surface area contributed by atoms with Crippen LogP contribution in [-0.2, 0) is 6.42 Å². The summed E-state index contributed by atoms with van der Waals surface area (Å²) in [5.41, 5.74) is 1.40. The first-order chi connectivity index (χ1) is 10.3. The minimum Gasteiger partial charge on any atom is -0.362 e. The van der Waals surface area contributed by atoms with Crippen LogP contribution >= 0.6 is 11.8 Å². The molecule has 0 aromatic heterocycles. The molecule has 1 unspecified atom stereocenters. The molecule has 1 aliphatic heterocycles. The van der Waals surface area contributed by atoms with Gasteiger partial charge in [0.15, 0.2) is 5.17 Å². The molecule has 0 spiro atoms. The summed E-state index contributed by atoms with van der Waals surface area (Å²) in [6, 6.07) is 11.8. The Morgan fingerprint density at radius 1 is 1.14 bits per heavy atom. The maximum Gasteiger partial charge on any atom is 0.157 e. The van der Waals surface area contributed by atoms with E-state index in [2.05, 4.69) is 42.6 Å². The van der Waals surface area contributed by atoms with Crippen LogP contribution in [0.1, 0.15) is 44.6 Å². The van der Waals surface area contributed by atoms with E-state index in [0.717, 1.165) is 18.1 Å². The van der Waals surface area contributed by atoms with Gasteiger partial charge in [-0.05, 0) is 43.6 Å². The Kier molecular flexibility index (Phi) is 5.23. The van der Waals surface area contributed by atoms with E-state index in [1.165, 1.54) is 42.8 Å². The van der Waals surface area contributed by atoms with Crippen molar-refractivity contribution >= 4 is 16.9 Å². The average Bonchev–Trinajstić information content (AvgIpc) is 2.96. The van der Waals surface area contributed by atoms with Crippen molar-refractivity contribution in [3.63, 3.8) is 0 Å². The maximum atomic E-state index is 4.89. The lowest BCUT2D eigenvalue weighted by Gasteiger charge is -2.28. The number of amidine groups is 1. The molecule has 0 amide bonds. The lowest BCUT2D eigenvalue weighted by molar-refractivity contribution is 0.306. The Labute approximate surface area is 132 Å². The summed E-state index contributed by atoms with van der Waals surface area (Å²) in [6.45, 7) is 2.32. The van der Waals surface area contributed by atoms with E-state index in [4.69, 9.17) is 4.99 Å². The minimum atomic E-state index is 0.451. The summed E-state index contributed by atoms with van der Waals surface area (Å²) in [5, 5.41) is 4.88. The van der Waals surface area contributed by atoms with E-state index < -0.39 is 0 Å². The normalized spacial score (nSPS) is 29.2. The topological polar surface area (TPSA) is 24.4 Å². The van der Waals surface area contributed by atoms with Crippen molar-refractivity contribution < 1.29 is 0 Å². The van der Waals surface area contributed by atoms with Gasteiger partial charge < -0.3 is 5.32 Å². The van der Waals surface area contributed by atoms with Crippen LogP contribution in [0.3, 0.4) is 0 Å². The molecule has 1 fully saturated rings. The number of benzene rings is 1. The standard InChI is InChI=1S/C18H26N2S/c1-2-14-8-10-16(11-9-14)19-18-20-17(13-21-18)12-15-6-4-3-5-7-15/h3-7,14,16-17H,2,8-13H2,1H3,(H,19,20). The van der Waals surface area contributed by atoms with Crippen LogP contribution in [-0.4, -0.2) is 23.0 Å². The summed E-state index contributed by atoms with van der Waals surface area (Å²) in [6.07, 6.45) is 7.84. The van der Waals surface area contributed by atoms with E-state index in [-0.39, 0.29) is 0 Å². The second kappa shape index (κ2) is 7.35. The first-order valence-electron chi connectivity index (χ1n) is 8.34. The molecule has 2 nitrogen and oxygen atoms in total. The Bertz CT molecular complexity index is 463. The molecule has 2 aliphatic rings. The molecule has 0 bridgehead atoms. The molecule has 1 N–H and O–H groups in total. The van der Waals surface area contributed by atoms with E-state index in [1.54, 1.807) is 0 Å². The van der Waals surface area contributed by atoms with Crippen LogP contribution in [0.25, 0.3) is 0 Å². The molecular formula is C18H26N2S. The molecule has 1 heterocycles. The van der Waals surface area contributed by atoms with Crippen LogP contribution in [0.5, 0.6) is 0 Å². The van der Waals surface area contributed by atoms with E-state index in [9.17, 15) is 0 Å². The van der Waals surface area contributed by atoms with Crippen molar-refractivity contribution in [1.29, 1.82) is 0 Å². The number of nitrogens with zero attached hydrogens (tertiary/aromatic N) is 1. The number of thioether (sulfide) groups is 1. The smallest absolute Gasteiger partial charge is 0.157 e. The lowest BCUT2D eigenvalue weighted by Crippen LogP contribution is -2.35. The third-order valence-corrected chi connectivity index (χ3v) is 5.83. The quantitative estimate of drug-likeness (QED) is 0.898. The Hall–Kier alpha value is -0.960. The SMILES string of the molecule is CCC1CCC(NC2=NC(Cc3ccccc3)CS2)CC1. The van der Waals surface area contributed by atoms with Gasteiger partial charge in [0.2, 0.25) is 0 Å². The summed E-state index contributed by atoms with van der Waals surface area (Å²) in [7, 11) is 0. The molecule has 1 aliphatic carbocycles. The molecule has 21 heavy (non-hydrogen) atoms. The molecule has 1 aromatic carbocycles. The summed E-state index contributed by atoms with van der Waals surface area (Å²) >= 11 is 1.91. The molecule has 3 rings (SSSR count). The molecular weight excluding hydrogens is 276 g/mol. The predicted octanol–water partition coefficient (Wildman–Crippen LogP) is 4.26. The van der Waals surface area contributed by atoms with Crippen LogP contribution in [0, 0.1) is 5.92 Å². The van der Waals surface area contributed by atoms with E-state index in [0.29, 0.717) is 12.1 Å². The lowest BCUT2D eigenvalue weighted by atomic mass is 9.85. The van der Waals surface area contributed by atoms with Crippen LogP contribution in [0.15, 0.2) is 35.3 Å². The van der Waals surface area contributed by atoms with Crippen LogP contribution < -0.4 is 5.32 Å². The van der Waals surface area contributed by atoms with Gasteiger partial charge in [-0.3, -0.25) is 4.99 Å². The summed E-state index contributed by atoms with van der Waals surface area (Å²) in [4.78, 5) is 4.89. The zero-order valence-corrected chi connectivity index (χ0v) is 13.7. The molecule has 0 saturated heterocycles. The van der Waals surface area contributed by atoms with Gasteiger partial charge in [-0.15, -0.1) is 0 Å². The highest BCUT2D eigenvalue weighted by molar-refractivity contribution is 8.14. The zero-order valence-electron chi connectivity index (χ0n) is 12.9. The number of hydrogen-bond donors (Lipinski definition) is 1. The summed E-state index contributed by atoms with van der Waals surface area (Å²) in [5.74, 6) is 2.09. The molecule has 3 heteroatoms. The Morgan fingerprint density at radius 3 is 2.62 bits per heavy atom. The highest BCUT2D eigenvalue weighted by atomic mass is 32.2. The van der Waals surface area contributed by atoms with Crippen molar-refractivity contribution in [3.05, 3.63) is 35.9 Å². The maximum absolute atomic E-state index is 4.89. The van der Waals surface area contributed by atoms with Crippen molar-refractivity contribution in [3.8, 4) is 0 Å².